The third-order valence-corrected chi connectivity index (χ3v) is 5.39. The van der Waals surface area contributed by atoms with E-state index in [9.17, 15) is 14.0 Å². The molecule has 0 aliphatic rings. The molecule has 0 bridgehead atoms. The second-order valence-corrected chi connectivity index (χ2v) is 9.24. The molecule has 0 atom stereocenters. The molecule has 3 heterocycles. The number of H-pyrrole nitrogens is 1. The summed E-state index contributed by atoms with van der Waals surface area (Å²) in [7, 11) is 0. The maximum Gasteiger partial charge on any atom is 0.268 e. The van der Waals surface area contributed by atoms with E-state index in [2.05, 4.69) is 47.4 Å². The molecule has 0 saturated carbocycles. The van der Waals surface area contributed by atoms with Gasteiger partial charge >= 0.3 is 0 Å². The van der Waals surface area contributed by atoms with Crippen molar-refractivity contribution in [2.45, 2.75) is 45.6 Å². The Balaban J connectivity index is 1.49. The van der Waals surface area contributed by atoms with Crippen molar-refractivity contribution in [1.82, 2.24) is 24.7 Å². The number of hydrogen-bond donors (Lipinski definition) is 1. The highest BCUT2D eigenvalue weighted by molar-refractivity contribution is 5.83. The summed E-state index contributed by atoms with van der Waals surface area (Å²) >= 11 is 0. The lowest BCUT2D eigenvalue weighted by atomic mass is 9.92. The molecule has 3 aromatic heterocycles. The lowest BCUT2D eigenvalue weighted by molar-refractivity contribution is -0.117. The Morgan fingerprint density at radius 2 is 2.00 bits per heavy atom. The first-order chi connectivity index (χ1) is 16.6. The molecule has 1 N–H and O–H groups in total. The van der Waals surface area contributed by atoms with Crippen molar-refractivity contribution in [3.63, 3.8) is 0 Å². The normalized spacial score (nSPS) is 11.5. The second kappa shape index (κ2) is 9.61. The molecule has 0 saturated heterocycles. The molecule has 0 spiro atoms. The van der Waals surface area contributed by atoms with Gasteiger partial charge in [-0.15, -0.1) is 6.58 Å². The first-order valence-corrected chi connectivity index (χ1v) is 11.1. The van der Waals surface area contributed by atoms with Crippen molar-refractivity contribution in [3.8, 4) is 11.5 Å². The van der Waals surface area contributed by atoms with E-state index in [1.807, 2.05) is 6.07 Å². The topological polar surface area (TPSA) is 103 Å². The van der Waals surface area contributed by atoms with E-state index in [0.29, 0.717) is 17.8 Å². The van der Waals surface area contributed by atoms with Crippen LogP contribution in [0.1, 0.15) is 37.7 Å². The van der Waals surface area contributed by atoms with Crippen molar-refractivity contribution in [3.05, 3.63) is 88.5 Å². The van der Waals surface area contributed by atoms with Gasteiger partial charge in [0.25, 0.3) is 5.56 Å². The number of aromatic nitrogens is 5. The molecular weight excluding hydrogens is 449 g/mol. The van der Waals surface area contributed by atoms with Gasteiger partial charge in [-0.2, -0.15) is 5.10 Å². The Hall–Kier alpha value is -4.14. The fourth-order valence-corrected chi connectivity index (χ4v) is 3.59. The summed E-state index contributed by atoms with van der Waals surface area (Å²) in [5, 5.41) is 4.60. The Labute approximate surface area is 201 Å². The van der Waals surface area contributed by atoms with Crippen LogP contribution >= 0.6 is 0 Å². The zero-order valence-electron chi connectivity index (χ0n) is 19.8. The van der Waals surface area contributed by atoms with Crippen LogP contribution in [0.25, 0.3) is 11.2 Å². The lowest BCUT2D eigenvalue weighted by Gasteiger charge is -2.14. The van der Waals surface area contributed by atoms with Crippen LogP contribution < -0.4 is 10.3 Å². The summed E-state index contributed by atoms with van der Waals surface area (Å²) in [6.45, 7) is 10.4. The minimum Gasteiger partial charge on any atom is -0.455 e. The number of ether oxygens (including phenoxy) is 1. The van der Waals surface area contributed by atoms with E-state index >= 15 is 0 Å². The van der Waals surface area contributed by atoms with Gasteiger partial charge in [0.2, 0.25) is 0 Å². The van der Waals surface area contributed by atoms with Gasteiger partial charge in [0.15, 0.2) is 11.4 Å². The zero-order chi connectivity index (χ0) is 25.2. The molecule has 1 aromatic carbocycles. The van der Waals surface area contributed by atoms with Gasteiger partial charge in [0.05, 0.1) is 18.4 Å². The van der Waals surface area contributed by atoms with Gasteiger partial charge in [-0.1, -0.05) is 32.9 Å². The van der Waals surface area contributed by atoms with Gasteiger partial charge in [-0.05, 0) is 17.7 Å². The molecule has 35 heavy (non-hydrogen) atoms. The van der Waals surface area contributed by atoms with Crippen LogP contribution in [0.15, 0.2) is 60.2 Å². The Morgan fingerprint density at radius 3 is 2.71 bits per heavy atom. The number of hydrogen-bond acceptors (Lipinski definition) is 6. The van der Waals surface area contributed by atoms with Crippen LogP contribution in [-0.2, 0) is 29.6 Å². The van der Waals surface area contributed by atoms with Gasteiger partial charge in [0.1, 0.15) is 22.9 Å². The second-order valence-electron chi connectivity index (χ2n) is 9.24. The molecule has 180 valence electrons. The molecule has 0 aliphatic carbocycles. The molecule has 0 amide bonds. The van der Waals surface area contributed by atoms with Crippen LogP contribution in [-0.4, -0.2) is 30.5 Å². The summed E-state index contributed by atoms with van der Waals surface area (Å²) in [6, 6.07) is 7.84. The lowest BCUT2D eigenvalue weighted by Crippen LogP contribution is -2.13. The number of nitrogens with one attached hydrogen (secondary N) is 1. The van der Waals surface area contributed by atoms with Crippen molar-refractivity contribution in [2.24, 2.45) is 0 Å². The number of aromatic amines is 1. The van der Waals surface area contributed by atoms with Gasteiger partial charge in [-0.3, -0.25) is 14.3 Å². The van der Waals surface area contributed by atoms with Crippen molar-refractivity contribution < 1.29 is 13.9 Å². The minimum absolute atomic E-state index is 0.0583. The van der Waals surface area contributed by atoms with Crippen molar-refractivity contribution >= 4 is 16.9 Å². The first-order valence-electron chi connectivity index (χ1n) is 11.1. The first kappa shape index (κ1) is 24.0. The number of fused-ring (bicyclic) bond motifs is 1. The number of carbonyl (C=O) groups is 1. The molecule has 9 heteroatoms. The molecule has 4 aromatic rings. The largest absolute Gasteiger partial charge is 0.455 e. The summed E-state index contributed by atoms with van der Waals surface area (Å²) in [5.74, 6) is -0.125. The van der Waals surface area contributed by atoms with Crippen LogP contribution in [0.5, 0.6) is 11.5 Å². The third kappa shape index (κ3) is 5.51. The van der Waals surface area contributed by atoms with Crippen molar-refractivity contribution in [2.75, 3.05) is 0 Å². The average Bonchev–Trinajstić information content (AvgIpc) is 3.18. The van der Waals surface area contributed by atoms with E-state index in [4.69, 9.17) is 4.74 Å². The highest BCUT2D eigenvalue weighted by Crippen LogP contribution is 2.28. The fraction of sp³-hybridized carbons (Fsp3) is 0.269. The van der Waals surface area contributed by atoms with Gasteiger partial charge in [-0.25, -0.2) is 14.4 Å². The molecule has 0 unspecified atom stereocenters. The summed E-state index contributed by atoms with van der Waals surface area (Å²) in [6.07, 6.45) is 4.39. The van der Waals surface area contributed by atoms with Gasteiger partial charge < -0.3 is 9.72 Å². The number of pyridine rings is 1. The van der Waals surface area contributed by atoms with E-state index in [-0.39, 0.29) is 46.6 Å². The summed E-state index contributed by atoms with van der Waals surface area (Å²) in [4.78, 5) is 34.9. The van der Waals surface area contributed by atoms with E-state index < -0.39 is 5.82 Å². The standard InChI is InChI=1S/C26H26FN5O3/c1-5-10-32-17(13-22(31-32)26(2,3)4)12-18(33)11-16-6-7-19(14-20(16)27)35-21-8-9-28-25-24(21)29-15-23(34)30-25/h5-9,13-15H,1,10-12H2,2-4H3,(H,28,30,34). The molecule has 0 radical (unpaired) electrons. The Bertz CT molecular complexity index is 1470. The zero-order valence-corrected chi connectivity index (χ0v) is 19.8. The smallest absolute Gasteiger partial charge is 0.268 e. The monoisotopic (exact) mass is 475 g/mol. The maximum atomic E-state index is 14.8. The third-order valence-electron chi connectivity index (χ3n) is 5.39. The Kier molecular flexibility index (Phi) is 6.59. The quantitative estimate of drug-likeness (QED) is 0.382. The molecular formula is C26H26FN5O3. The number of allylic oxidation sites excluding steroid dienone is 1. The SMILES string of the molecule is C=CCn1nc(C(C)(C)C)cc1CC(=O)Cc1ccc(Oc2ccnc3[nH]c(=O)cnc23)cc1F. The van der Waals surface area contributed by atoms with Crippen LogP contribution in [0.3, 0.4) is 0 Å². The molecule has 0 aliphatic heterocycles. The van der Waals surface area contributed by atoms with Crippen LogP contribution in [0, 0.1) is 5.82 Å². The van der Waals surface area contributed by atoms with Crippen molar-refractivity contribution in [1.29, 1.82) is 0 Å². The molecule has 0 fully saturated rings. The fourth-order valence-electron chi connectivity index (χ4n) is 3.59. The van der Waals surface area contributed by atoms with Gasteiger partial charge in [0, 0.05) is 42.3 Å². The molecule has 4 rings (SSSR count). The van der Waals surface area contributed by atoms with Crippen LogP contribution in [0.4, 0.5) is 4.39 Å². The number of ketones is 1. The summed E-state index contributed by atoms with van der Waals surface area (Å²) in [5.41, 5.74) is 2.00. The predicted molar refractivity (Wildman–Crippen MR) is 130 cm³/mol. The van der Waals surface area contributed by atoms with E-state index in [1.165, 1.54) is 18.3 Å². The number of nitrogens with zero attached hydrogens (tertiary/aromatic N) is 4. The minimum atomic E-state index is -0.550. The number of rotatable bonds is 8. The number of Topliss-reactive ketones (excluding diaryl/α,β-unsaturated/α-hetero) is 1. The highest BCUT2D eigenvalue weighted by Gasteiger charge is 2.21. The Morgan fingerprint density at radius 1 is 1.20 bits per heavy atom. The number of carbonyl (C=O) groups excluding carboxylic acids is 1. The summed E-state index contributed by atoms with van der Waals surface area (Å²) < 4.78 is 22.4. The average molecular weight is 476 g/mol. The van der Waals surface area contributed by atoms with Crippen LogP contribution in [0.2, 0.25) is 0 Å². The molecule has 8 nitrogen and oxygen atoms in total. The van der Waals surface area contributed by atoms with E-state index in [1.54, 1.807) is 22.9 Å². The highest BCUT2D eigenvalue weighted by atomic mass is 19.1. The van der Waals surface area contributed by atoms with E-state index in [0.717, 1.165) is 17.6 Å². The predicted octanol–water partition coefficient (Wildman–Crippen LogP) is 4.28. The number of halogens is 1. The maximum absolute atomic E-state index is 14.8. The number of benzene rings is 1.